The van der Waals surface area contributed by atoms with E-state index in [1.807, 2.05) is 18.2 Å². The number of halogens is 1. The van der Waals surface area contributed by atoms with Gasteiger partial charge in [0.2, 0.25) is 0 Å². The van der Waals surface area contributed by atoms with Crippen molar-refractivity contribution in [2.24, 2.45) is 5.92 Å². The van der Waals surface area contributed by atoms with E-state index in [1.54, 1.807) is 18.2 Å². The molecule has 0 bridgehead atoms. The molecule has 0 aliphatic carbocycles. The van der Waals surface area contributed by atoms with E-state index < -0.39 is 5.97 Å². The van der Waals surface area contributed by atoms with Gasteiger partial charge >= 0.3 is 5.97 Å². The minimum absolute atomic E-state index is 0. The Labute approximate surface area is 136 Å². The molecule has 0 saturated carbocycles. The second-order valence-electron chi connectivity index (χ2n) is 5.51. The maximum absolute atomic E-state index is 11.0. The summed E-state index contributed by atoms with van der Waals surface area (Å²) in [6.45, 7) is 6.04. The zero-order chi connectivity index (χ0) is 15.2. The summed E-state index contributed by atoms with van der Waals surface area (Å²) < 4.78 is 5.76. The van der Waals surface area contributed by atoms with Crippen LogP contribution in [0.1, 0.15) is 36.4 Å². The van der Waals surface area contributed by atoms with Gasteiger partial charge in [-0.15, -0.1) is 0 Å². The first kappa shape index (κ1) is 18.3. The molecule has 120 valence electrons. The first-order chi connectivity index (χ1) is 10.1. The molecule has 0 unspecified atom stereocenters. The molecule has 0 spiro atoms. The first-order valence-electron chi connectivity index (χ1n) is 7.19. The summed E-state index contributed by atoms with van der Waals surface area (Å²) in [6.07, 6.45) is 1.13. The van der Waals surface area contributed by atoms with Gasteiger partial charge < -0.3 is 27.2 Å². The molecular formula is C17H21ClNO3-. The monoisotopic (exact) mass is 322 g/mol. The first-order valence-corrected chi connectivity index (χ1v) is 7.19. The van der Waals surface area contributed by atoms with Crippen LogP contribution in [0.5, 0.6) is 0 Å². The molecule has 2 rings (SSSR count). The molecule has 2 N–H and O–H groups in total. The van der Waals surface area contributed by atoms with Gasteiger partial charge in [0.25, 0.3) is 0 Å². The van der Waals surface area contributed by atoms with Gasteiger partial charge in [0, 0.05) is 5.56 Å². The molecule has 22 heavy (non-hydrogen) atoms. The summed E-state index contributed by atoms with van der Waals surface area (Å²) in [4.78, 5) is 11.0. The summed E-state index contributed by atoms with van der Waals surface area (Å²) in [6, 6.07) is 10.6. The highest BCUT2D eigenvalue weighted by atomic mass is 35.5. The van der Waals surface area contributed by atoms with Crippen molar-refractivity contribution in [3.05, 3.63) is 47.7 Å². The van der Waals surface area contributed by atoms with E-state index in [2.05, 4.69) is 19.2 Å². The Morgan fingerprint density at radius 3 is 2.73 bits per heavy atom. The van der Waals surface area contributed by atoms with Crippen LogP contribution in [-0.2, 0) is 6.54 Å². The van der Waals surface area contributed by atoms with Crippen LogP contribution < -0.4 is 17.7 Å². The predicted octanol–water partition coefficient (Wildman–Crippen LogP) is 0.784. The van der Waals surface area contributed by atoms with Crippen LogP contribution >= 0.6 is 0 Å². The molecule has 0 aliphatic heterocycles. The standard InChI is InChI=1S/C17H21NO3.ClH/c1-12(2)8-9-18-11-15-6-7-16(21-15)13-4-3-5-14(10-13)17(19)20;/h3-7,10,12,18H,8-9,11H2,1-2H3,(H,19,20);1H/p-1. The summed E-state index contributed by atoms with van der Waals surface area (Å²) >= 11 is 0. The van der Waals surface area contributed by atoms with Crippen LogP contribution in [0.4, 0.5) is 0 Å². The fourth-order valence-electron chi connectivity index (χ4n) is 2.04. The van der Waals surface area contributed by atoms with Gasteiger partial charge in [-0.05, 0) is 43.1 Å². The quantitative estimate of drug-likeness (QED) is 0.740. The molecule has 0 fully saturated rings. The number of nitrogens with one attached hydrogen (secondary N) is 1. The lowest BCUT2D eigenvalue weighted by Gasteiger charge is -2.05. The summed E-state index contributed by atoms with van der Waals surface area (Å²) in [7, 11) is 0. The topological polar surface area (TPSA) is 62.5 Å². The molecule has 1 aromatic heterocycles. The van der Waals surface area contributed by atoms with Gasteiger partial charge in [-0.25, -0.2) is 4.79 Å². The Balaban J connectivity index is 0.00000242. The average Bonchev–Trinajstić information content (AvgIpc) is 2.92. The number of carboxylic acids is 1. The zero-order valence-electron chi connectivity index (χ0n) is 12.8. The highest BCUT2D eigenvalue weighted by molar-refractivity contribution is 5.89. The Bertz CT molecular complexity index is 607. The number of carbonyl (C=O) groups is 1. The summed E-state index contributed by atoms with van der Waals surface area (Å²) in [5.74, 6) is 1.30. The molecule has 0 aliphatic rings. The molecule has 0 radical (unpaired) electrons. The lowest BCUT2D eigenvalue weighted by molar-refractivity contribution is -0.0000206. The number of carboxylic acid groups (broad SMARTS) is 1. The van der Waals surface area contributed by atoms with E-state index in [1.165, 1.54) is 0 Å². The van der Waals surface area contributed by atoms with Gasteiger partial charge in [0.15, 0.2) is 0 Å². The highest BCUT2D eigenvalue weighted by Gasteiger charge is 2.08. The number of aromatic carboxylic acids is 1. The van der Waals surface area contributed by atoms with Gasteiger partial charge in [-0.3, -0.25) is 0 Å². The van der Waals surface area contributed by atoms with Crippen LogP contribution in [0.3, 0.4) is 0 Å². The third-order valence-electron chi connectivity index (χ3n) is 3.25. The maximum Gasteiger partial charge on any atom is 0.335 e. The number of rotatable bonds is 7. The molecule has 2 aromatic rings. The average molecular weight is 323 g/mol. The van der Waals surface area contributed by atoms with Crippen molar-refractivity contribution in [1.29, 1.82) is 0 Å². The number of furan rings is 1. The Morgan fingerprint density at radius 2 is 2.05 bits per heavy atom. The van der Waals surface area contributed by atoms with Crippen molar-refractivity contribution in [2.75, 3.05) is 6.54 Å². The van der Waals surface area contributed by atoms with E-state index in [0.717, 1.165) is 24.3 Å². The molecule has 0 saturated heterocycles. The second kappa shape index (κ2) is 8.61. The molecule has 0 atom stereocenters. The van der Waals surface area contributed by atoms with E-state index in [-0.39, 0.29) is 18.0 Å². The van der Waals surface area contributed by atoms with Crippen molar-refractivity contribution in [3.8, 4) is 11.3 Å². The molecule has 1 heterocycles. The normalized spacial score (nSPS) is 10.5. The Morgan fingerprint density at radius 1 is 1.27 bits per heavy atom. The van der Waals surface area contributed by atoms with Crippen molar-refractivity contribution >= 4 is 5.97 Å². The van der Waals surface area contributed by atoms with E-state index in [4.69, 9.17) is 9.52 Å². The van der Waals surface area contributed by atoms with Crippen LogP contribution in [0.2, 0.25) is 0 Å². The Kier molecular flexibility index (Phi) is 7.15. The lowest BCUT2D eigenvalue weighted by Crippen LogP contribution is -3.00. The van der Waals surface area contributed by atoms with Crippen LogP contribution in [-0.4, -0.2) is 17.6 Å². The second-order valence-corrected chi connectivity index (χ2v) is 5.51. The van der Waals surface area contributed by atoms with Crippen LogP contribution in [0.15, 0.2) is 40.8 Å². The third-order valence-corrected chi connectivity index (χ3v) is 3.25. The largest absolute Gasteiger partial charge is 1.00 e. The van der Waals surface area contributed by atoms with E-state index in [9.17, 15) is 4.79 Å². The van der Waals surface area contributed by atoms with Crippen LogP contribution in [0, 0.1) is 5.92 Å². The lowest BCUT2D eigenvalue weighted by atomic mass is 10.1. The minimum atomic E-state index is -0.931. The van der Waals surface area contributed by atoms with Crippen molar-refractivity contribution in [2.45, 2.75) is 26.8 Å². The summed E-state index contributed by atoms with van der Waals surface area (Å²) in [5, 5.41) is 12.3. The van der Waals surface area contributed by atoms with Crippen LogP contribution in [0.25, 0.3) is 11.3 Å². The number of hydrogen-bond acceptors (Lipinski definition) is 3. The van der Waals surface area contributed by atoms with Crippen molar-refractivity contribution in [1.82, 2.24) is 5.32 Å². The predicted molar refractivity (Wildman–Crippen MR) is 82.3 cm³/mol. The van der Waals surface area contributed by atoms with Gasteiger partial charge in [0.05, 0.1) is 12.1 Å². The van der Waals surface area contributed by atoms with E-state index in [0.29, 0.717) is 18.2 Å². The zero-order valence-corrected chi connectivity index (χ0v) is 13.6. The molecular weight excluding hydrogens is 302 g/mol. The number of benzene rings is 1. The summed E-state index contributed by atoms with van der Waals surface area (Å²) in [5.41, 5.74) is 1.05. The van der Waals surface area contributed by atoms with Gasteiger partial charge in [-0.2, -0.15) is 0 Å². The van der Waals surface area contributed by atoms with Crippen molar-refractivity contribution < 1.29 is 26.7 Å². The third kappa shape index (κ3) is 5.20. The molecule has 4 nitrogen and oxygen atoms in total. The van der Waals surface area contributed by atoms with Gasteiger partial charge in [-0.1, -0.05) is 26.0 Å². The van der Waals surface area contributed by atoms with Crippen molar-refractivity contribution in [3.63, 3.8) is 0 Å². The van der Waals surface area contributed by atoms with Gasteiger partial charge in [0.1, 0.15) is 11.5 Å². The fraction of sp³-hybridized carbons (Fsp3) is 0.353. The smallest absolute Gasteiger partial charge is 0.335 e. The molecule has 0 amide bonds. The Hall–Kier alpha value is -1.78. The number of hydrogen-bond donors (Lipinski definition) is 2. The minimum Gasteiger partial charge on any atom is -1.00 e. The molecule has 5 heteroatoms. The fourth-order valence-corrected chi connectivity index (χ4v) is 2.04. The SMILES string of the molecule is CC(C)CCNCc1ccc(-c2cccc(C(=O)O)c2)o1.[Cl-]. The maximum atomic E-state index is 11.0. The van der Waals surface area contributed by atoms with E-state index >= 15 is 0 Å². The highest BCUT2D eigenvalue weighted by Crippen LogP contribution is 2.23. The molecule has 1 aromatic carbocycles.